The van der Waals surface area contributed by atoms with Gasteiger partial charge in [-0.2, -0.15) is 0 Å². The lowest BCUT2D eigenvalue weighted by molar-refractivity contribution is -0.116. The highest BCUT2D eigenvalue weighted by atomic mass is 32.2. The molecule has 0 aliphatic heterocycles. The van der Waals surface area contributed by atoms with Crippen LogP contribution >= 0.6 is 0 Å². The zero-order chi connectivity index (χ0) is 18.2. The van der Waals surface area contributed by atoms with E-state index in [2.05, 4.69) is 5.32 Å². The average Bonchev–Trinajstić information content (AvgIpc) is 2.47. The molecule has 136 valence electrons. The predicted molar refractivity (Wildman–Crippen MR) is 95.8 cm³/mol. The van der Waals surface area contributed by atoms with Crippen LogP contribution < -0.4 is 10.1 Å². The number of hydrogen-bond donors (Lipinski definition) is 1. The summed E-state index contributed by atoms with van der Waals surface area (Å²) in [6.45, 7) is 3.62. The smallest absolute Gasteiger partial charge is 0.225 e. The zero-order valence-corrected chi connectivity index (χ0v) is 15.6. The minimum absolute atomic E-state index is 0.105. The number of hydrogen-bond acceptors (Lipinski definition) is 5. The fraction of sp³-hybridized carbons (Fsp3) is 0.562. The maximum atomic E-state index is 12.0. The zero-order valence-electron chi connectivity index (χ0n) is 14.8. The van der Waals surface area contributed by atoms with Crippen LogP contribution in [0.3, 0.4) is 0 Å². The number of amides is 1. The first kappa shape index (κ1) is 20.4. The number of likely N-dealkylation sites (N-methyl/N-ethyl adjacent to an activating group) is 1. The maximum Gasteiger partial charge on any atom is 0.225 e. The van der Waals surface area contributed by atoms with Crippen molar-refractivity contribution in [2.24, 2.45) is 0 Å². The molecule has 1 aromatic carbocycles. The Balaban J connectivity index is 2.53. The van der Waals surface area contributed by atoms with Gasteiger partial charge < -0.3 is 15.0 Å². The normalized spacial score (nSPS) is 11.8. The lowest BCUT2D eigenvalue weighted by atomic mass is 10.3. The van der Waals surface area contributed by atoms with Crippen molar-refractivity contribution in [1.29, 1.82) is 0 Å². The summed E-state index contributed by atoms with van der Waals surface area (Å²) in [7, 11) is 0.417. The number of sulfonamides is 1. The minimum atomic E-state index is -3.33. The number of anilines is 1. The van der Waals surface area contributed by atoms with Gasteiger partial charge in [-0.3, -0.25) is 4.79 Å². The molecule has 8 heteroatoms. The Morgan fingerprint density at radius 2 is 1.75 bits per heavy atom. The van der Waals surface area contributed by atoms with E-state index >= 15 is 0 Å². The summed E-state index contributed by atoms with van der Waals surface area (Å²) >= 11 is 0. The van der Waals surface area contributed by atoms with Crippen LogP contribution in [-0.4, -0.2) is 70.1 Å². The quantitative estimate of drug-likeness (QED) is 0.681. The van der Waals surface area contributed by atoms with Crippen LogP contribution in [-0.2, 0) is 14.8 Å². The van der Waals surface area contributed by atoms with Gasteiger partial charge >= 0.3 is 0 Å². The van der Waals surface area contributed by atoms with Gasteiger partial charge in [-0.1, -0.05) is 0 Å². The predicted octanol–water partition coefficient (Wildman–Crippen LogP) is 1.24. The van der Waals surface area contributed by atoms with E-state index in [1.54, 1.807) is 24.3 Å². The average molecular weight is 357 g/mol. The summed E-state index contributed by atoms with van der Waals surface area (Å²) < 4.78 is 30.2. The van der Waals surface area contributed by atoms with Gasteiger partial charge in [-0.05, 0) is 45.3 Å². The summed E-state index contributed by atoms with van der Waals surface area (Å²) in [5.41, 5.74) is 0.655. The molecule has 0 heterocycles. The highest BCUT2D eigenvalue weighted by Crippen LogP contribution is 2.15. The molecule has 0 saturated heterocycles. The van der Waals surface area contributed by atoms with Crippen LogP contribution in [0, 0.1) is 0 Å². The van der Waals surface area contributed by atoms with Crippen molar-refractivity contribution >= 4 is 21.6 Å². The second-order valence-corrected chi connectivity index (χ2v) is 7.70. The molecule has 1 N–H and O–H groups in total. The van der Waals surface area contributed by atoms with Gasteiger partial charge in [0.2, 0.25) is 15.9 Å². The first-order chi connectivity index (χ1) is 11.2. The molecule has 0 aliphatic carbocycles. The molecule has 0 aromatic heterocycles. The van der Waals surface area contributed by atoms with Crippen LogP contribution in [0.1, 0.15) is 13.3 Å². The summed E-state index contributed by atoms with van der Waals surface area (Å²) in [4.78, 5) is 13.9. The van der Waals surface area contributed by atoms with Crippen molar-refractivity contribution in [3.05, 3.63) is 24.3 Å². The van der Waals surface area contributed by atoms with Crippen molar-refractivity contribution in [3.8, 4) is 5.75 Å². The van der Waals surface area contributed by atoms with Crippen LogP contribution in [0.4, 0.5) is 5.69 Å². The van der Waals surface area contributed by atoms with Gasteiger partial charge in [0, 0.05) is 31.7 Å². The number of carbonyl (C=O) groups is 1. The third kappa shape index (κ3) is 7.76. The monoisotopic (exact) mass is 357 g/mol. The summed E-state index contributed by atoms with van der Waals surface area (Å²) in [6, 6.07) is 7.06. The van der Waals surface area contributed by atoms with Gasteiger partial charge in [0.15, 0.2) is 0 Å². The van der Waals surface area contributed by atoms with Crippen LogP contribution in [0.15, 0.2) is 24.3 Å². The van der Waals surface area contributed by atoms with E-state index in [-0.39, 0.29) is 18.9 Å². The lowest BCUT2D eigenvalue weighted by Crippen LogP contribution is -2.37. The largest absolute Gasteiger partial charge is 0.494 e. The third-order valence-electron chi connectivity index (χ3n) is 3.30. The van der Waals surface area contributed by atoms with E-state index in [1.165, 1.54) is 4.31 Å². The number of rotatable bonds is 10. The topological polar surface area (TPSA) is 79.0 Å². The van der Waals surface area contributed by atoms with Crippen LogP contribution in [0.5, 0.6) is 5.75 Å². The van der Waals surface area contributed by atoms with Crippen LogP contribution in [0.25, 0.3) is 0 Å². The standard InChI is InChI=1S/C16H27N3O4S/c1-5-23-15-8-6-14(7-9-15)17-16(20)10-11-19(24(4,21)22)13-12-18(2)3/h6-9H,5,10-13H2,1-4H3,(H,17,20). The molecule has 0 fully saturated rings. The van der Waals surface area contributed by atoms with Crippen molar-refractivity contribution in [1.82, 2.24) is 9.21 Å². The van der Waals surface area contributed by atoms with E-state index in [9.17, 15) is 13.2 Å². The number of benzene rings is 1. The van der Waals surface area contributed by atoms with E-state index in [4.69, 9.17) is 4.74 Å². The fourth-order valence-corrected chi connectivity index (χ4v) is 2.84. The first-order valence-electron chi connectivity index (χ1n) is 7.85. The van der Waals surface area contributed by atoms with Gasteiger partial charge in [0.05, 0.1) is 12.9 Å². The maximum absolute atomic E-state index is 12.0. The highest BCUT2D eigenvalue weighted by Gasteiger charge is 2.17. The molecule has 0 saturated carbocycles. The molecule has 0 radical (unpaired) electrons. The first-order valence-corrected chi connectivity index (χ1v) is 9.69. The minimum Gasteiger partial charge on any atom is -0.494 e. The molecule has 1 amide bonds. The van der Waals surface area contributed by atoms with Gasteiger partial charge in [0.1, 0.15) is 5.75 Å². The Morgan fingerprint density at radius 3 is 2.25 bits per heavy atom. The SMILES string of the molecule is CCOc1ccc(NC(=O)CCN(CCN(C)C)S(C)(=O)=O)cc1. The molecule has 0 aliphatic rings. The molecule has 24 heavy (non-hydrogen) atoms. The number of carbonyl (C=O) groups excluding carboxylic acids is 1. The molecule has 0 spiro atoms. The Bertz CT molecular complexity index is 615. The molecule has 7 nitrogen and oxygen atoms in total. The molecule has 1 rings (SSSR count). The van der Waals surface area contributed by atoms with Gasteiger partial charge in [-0.15, -0.1) is 0 Å². The van der Waals surface area contributed by atoms with Crippen molar-refractivity contribution in [3.63, 3.8) is 0 Å². The second kappa shape index (κ2) is 9.61. The number of nitrogens with one attached hydrogen (secondary N) is 1. The second-order valence-electron chi connectivity index (χ2n) is 5.72. The molecular formula is C16H27N3O4S. The van der Waals surface area contributed by atoms with E-state index in [0.29, 0.717) is 25.4 Å². The van der Waals surface area contributed by atoms with E-state index in [0.717, 1.165) is 12.0 Å². The third-order valence-corrected chi connectivity index (χ3v) is 4.61. The van der Waals surface area contributed by atoms with Crippen molar-refractivity contribution in [2.45, 2.75) is 13.3 Å². The number of nitrogens with zero attached hydrogens (tertiary/aromatic N) is 2. The summed E-state index contributed by atoms with van der Waals surface area (Å²) in [5.74, 6) is 0.514. The number of ether oxygens (including phenoxy) is 1. The Labute approximate surface area is 144 Å². The Hall–Kier alpha value is -1.64. The highest BCUT2D eigenvalue weighted by molar-refractivity contribution is 7.88. The van der Waals surface area contributed by atoms with Gasteiger partial charge in [-0.25, -0.2) is 12.7 Å². The summed E-state index contributed by atoms with van der Waals surface area (Å²) in [6.07, 6.45) is 1.26. The molecular weight excluding hydrogens is 330 g/mol. The fourth-order valence-electron chi connectivity index (χ4n) is 2.01. The lowest BCUT2D eigenvalue weighted by Gasteiger charge is -2.21. The summed E-state index contributed by atoms with van der Waals surface area (Å²) in [5, 5.41) is 2.76. The Kier molecular flexibility index (Phi) is 8.17. The molecule has 0 unspecified atom stereocenters. The Morgan fingerprint density at radius 1 is 1.12 bits per heavy atom. The molecule has 0 atom stereocenters. The van der Waals surface area contributed by atoms with Crippen molar-refractivity contribution < 1.29 is 17.9 Å². The van der Waals surface area contributed by atoms with Crippen LogP contribution in [0.2, 0.25) is 0 Å². The van der Waals surface area contributed by atoms with Gasteiger partial charge in [0.25, 0.3) is 0 Å². The molecule has 1 aromatic rings. The van der Waals surface area contributed by atoms with E-state index < -0.39 is 10.0 Å². The molecule has 0 bridgehead atoms. The van der Waals surface area contributed by atoms with Crippen molar-refractivity contribution in [2.75, 3.05) is 51.9 Å². The van der Waals surface area contributed by atoms with E-state index in [1.807, 2.05) is 25.9 Å².